The average molecular weight is 363 g/mol. The van der Waals surface area contributed by atoms with Gasteiger partial charge in [0.15, 0.2) is 0 Å². The molecule has 4 aliphatic carbocycles. The minimum absolute atomic E-state index is 0.0242. The normalized spacial score (nSPS) is 52.0. The summed E-state index contributed by atoms with van der Waals surface area (Å²) in [6.07, 6.45) is 11.9. The first kappa shape index (κ1) is 19.2. The predicted molar refractivity (Wildman–Crippen MR) is 108 cm³/mol. The SMILES string of the molecule is CC(NCCN)[C@H]1CC[C@H]2[C@@H]3CC[C@H]4C[C@@H](O)CC[C@]4(C)[C@H]3CC[C@]12C. The van der Waals surface area contributed by atoms with Crippen LogP contribution in [0.15, 0.2) is 0 Å². The largest absolute Gasteiger partial charge is 0.393 e. The van der Waals surface area contributed by atoms with Crippen LogP contribution < -0.4 is 11.1 Å². The van der Waals surface area contributed by atoms with Crippen molar-refractivity contribution in [2.24, 2.45) is 46.2 Å². The van der Waals surface area contributed by atoms with Gasteiger partial charge in [-0.3, -0.25) is 0 Å². The molecule has 4 saturated carbocycles. The lowest BCUT2D eigenvalue weighted by molar-refractivity contribution is -0.127. The first-order valence-corrected chi connectivity index (χ1v) is 11.5. The number of nitrogens with two attached hydrogens (primary N) is 1. The highest BCUT2D eigenvalue weighted by molar-refractivity contribution is 5.10. The summed E-state index contributed by atoms with van der Waals surface area (Å²) in [5.41, 5.74) is 6.77. The van der Waals surface area contributed by atoms with Gasteiger partial charge in [-0.25, -0.2) is 0 Å². The van der Waals surface area contributed by atoms with Gasteiger partial charge in [0.25, 0.3) is 0 Å². The van der Waals surface area contributed by atoms with E-state index in [4.69, 9.17) is 5.73 Å². The van der Waals surface area contributed by atoms with Gasteiger partial charge in [0.1, 0.15) is 0 Å². The first-order chi connectivity index (χ1) is 12.4. The molecule has 0 aromatic heterocycles. The van der Waals surface area contributed by atoms with Crippen LogP contribution in [0.1, 0.15) is 78.6 Å². The molecular weight excluding hydrogens is 320 g/mol. The van der Waals surface area contributed by atoms with E-state index in [9.17, 15) is 5.11 Å². The van der Waals surface area contributed by atoms with Gasteiger partial charge in [0.2, 0.25) is 0 Å². The Morgan fingerprint density at radius 2 is 1.73 bits per heavy atom. The molecule has 9 atom stereocenters. The molecule has 0 heterocycles. The second-order valence-corrected chi connectivity index (χ2v) is 10.8. The van der Waals surface area contributed by atoms with E-state index in [2.05, 4.69) is 26.1 Å². The quantitative estimate of drug-likeness (QED) is 0.710. The van der Waals surface area contributed by atoms with Crippen molar-refractivity contribution in [2.45, 2.75) is 90.7 Å². The van der Waals surface area contributed by atoms with Crippen LogP contribution in [0.3, 0.4) is 0 Å². The number of hydrogen-bond acceptors (Lipinski definition) is 3. The Bertz CT molecular complexity index is 510. The van der Waals surface area contributed by atoms with E-state index in [0.717, 1.165) is 55.5 Å². The molecule has 0 aromatic rings. The molecule has 0 radical (unpaired) electrons. The molecule has 4 aliphatic rings. The fraction of sp³-hybridized carbons (Fsp3) is 1.00. The highest BCUT2D eigenvalue weighted by atomic mass is 16.3. The lowest BCUT2D eigenvalue weighted by Gasteiger charge is -2.61. The smallest absolute Gasteiger partial charge is 0.0543 e. The maximum absolute atomic E-state index is 10.2. The van der Waals surface area contributed by atoms with E-state index < -0.39 is 0 Å². The van der Waals surface area contributed by atoms with Crippen LogP contribution in [-0.2, 0) is 0 Å². The highest BCUT2D eigenvalue weighted by Crippen LogP contribution is 2.67. The van der Waals surface area contributed by atoms with E-state index in [-0.39, 0.29) is 6.10 Å². The van der Waals surface area contributed by atoms with Crippen LogP contribution in [-0.4, -0.2) is 30.3 Å². The van der Waals surface area contributed by atoms with Crippen LogP contribution in [0.4, 0.5) is 0 Å². The summed E-state index contributed by atoms with van der Waals surface area (Å²) in [4.78, 5) is 0. The Morgan fingerprint density at radius 3 is 2.50 bits per heavy atom. The standard InChI is InChI=1S/C23H42N2O/c1-15(25-13-12-24)19-6-7-20-18-5-4-16-14-17(26)8-10-22(16,2)21(18)9-11-23(19,20)3/h15-21,25-26H,4-14,24H2,1-3H3/t15?,16-,17-,18-,19+,20-,21-,22-,23+/m0/s1. The summed E-state index contributed by atoms with van der Waals surface area (Å²) in [7, 11) is 0. The van der Waals surface area contributed by atoms with Gasteiger partial charge in [-0.1, -0.05) is 13.8 Å². The summed E-state index contributed by atoms with van der Waals surface area (Å²) in [6, 6.07) is 0.599. The Kier molecular flexibility index (Phi) is 5.20. The van der Waals surface area contributed by atoms with Gasteiger partial charge in [-0.15, -0.1) is 0 Å². The minimum atomic E-state index is -0.0242. The van der Waals surface area contributed by atoms with Crippen molar-refractivity contribution in [3.8, 4) is 0 Å². The second-order valence-electron chi connectivity index (χ2n) is 10.8. The van der Waals surface area contributed by atoms with E-state index >= 15 is 0 Å². The van der Waals surface area contributed by atoms with Gasteiger partial charge < -0.3 is 16.2 Å². The zero-order valence-electron chi connectivity index (χ0n) is 17.3. The molecule has 26 heavy (non-hydrogen) atoms. The van der Waals surface area contributed by atoms with Crippen LogP contribution >= 0.6 is 0 Å². The fourth-order valence-electron chi connectivity index (χ4n) is 8.55. The van der Waals surface area contributed by atoms with Gasteiger partial charge in [0.05, 0.1) is 6.10 Å². The zero-order valence-corrected chi connectivity index (χ0v) is 17.3. The third-order valence-corrected chi connectivity index (χ3v) is 9.93. The second kappa shape index (κ2) is 7.04. The summed E-state index contributed by atoms with van der Waals surface area (Å²) in [5.74, 6) is 4.38. The van der Waals surface area contributed by atoms with Crippen molar-refractivity contribution >= 4 is 0 Å². The third kappa shape index (κ3) is 2.88. The Morgan fingerprint density at radius 1 is 1.00 bits per heavy atom. The van der Waals surface area contributed by atoms with Crippen molar-refractivity contribution in [1.82, 2.24) is 5.32 Å². The number of hydrogen-bond donors (Lipinski definition) is 3. The van der Waals surface area contributed by atoms with E-state index in [0.29, 0.717) is 16.9 Å². The molecule has 0 spiro atoms. The van der Waals surface area contributed by atoms with Crippen molar-refractivity contribution in [2.75, 3.05) is 13.1 Å². The molecule has 4 fully saturated rings. The molecule has 0 aromatic carbocycles. The molecule has 0 saturated heterocycles. The molecule has 150 valence electrons. The van der Waals surface area contributed by atoms with Crippen LogP contribution in [0.2, 0.25) is 0 Å². The lowest BCUT2D eigenvalue weighted by Crippen LogP contribution is -2.55. The maximum atomic E-state index is 10.2. The lowest BCUT2D eigenvalue weighted by atomic mass is 9.44. The van der Waals surface area contributed by atoms with Crippen molar-refractivity contribution in [3.05, 3.63) is 0 Å². The predicted octanol–water partition coefficient (Wildman–Crippen LogP) is 3.94. The van der Waals surface area contributed by atoms with Crippen LogP contribution in [0.25, 0.3) is 0 Å². The number of aliphatic hydroxyl groups excluding tert-OH is 1. The first-order valence-electron chi connectivity index (χ1n) is 11.5. The minimum Gasteiger partial charge on any atom is -0.393 e. The topological polar surface area (TPSA) is 58.3 Å². The van der Waals surface area contributed by atoms with E-state index in [1.165, 1.54) is 44.9 Å². The van der Waals surface area contributed by atoms with Gasteiger partial charge in [0, 0.05) is 19.1 Å². The summed E-state index contributed by atoms with van der Waals surface area (Å²) in [6.45, 7) is 9.33. The van der Waals surface area contributed by atoms with Gasteiger partial charge in [-0.2, -0.15) is 0 Å². The summed E-state index contributed by atoms with van der Waals surface area (Å²) >= 11 is 0. The number of rotatable bonds is 4. The average Bonchev–Trinajstić information content (AvgIpc) is 2.97. The number of aliphatic hydroxyl groups is 1. The molecule has 4 rings (SSSR count). The molecule has 3 heteroatoms. The van der Waals surface area contributed by atoms with E-state index in [1.807, 2.05) is 0 Å². The molecule has 0 aliphatic heterocycles. The fourth-order valence-corrected chi connectivity index (χ4v) is 8.55. The molecule has 1 unspecified atom stereocenters. The Balaban J connectivity index is 1.52. The van der Waals surface area contributed by atoms with Crippen LogP contribution in [0, 0.1) is 40.4 Å². The van der Waals surface area contributed by atoms with Crippen LogP contribution in [0.5, 0.6) is 0 Å². The van der Waals surface area contributed by atoms with Crippen molar-refractivity contribution in [3.63, 3.8) is 0 Å². The Labute approximate surface area is 160 Å². The third-order valence-electron chi connectivity index (χ3n) is 9.93. The summed E-state index contributed by atoms with van der Waals surface area (Å²) < 4.78 is 0. The van der Waals surface area contributed by atoms with Gasteiger partial charge in [-0.05, 0) is 105 Å². The maximum Gasteiger partial charge on any atom is 0.0543 e. The summed E-state index contributed by atoms with van der Waals surface area (Å²) in [5, 5.41) is 13.9. The van der Waals surface area contributed by atoms with E-state index in [1.54, 1.807) is 0 Å². The van der Waals surface area contributed by atoms with Crippen molar-refractivity contribution in [1.29, 1.82) is 0 Å². The molecule has 4 N–H and O–H groups in total. The number of fused-ring (bicyclic) bond motifs is 5. The zero-order chi connectivity index (χ0) is 18.5. The molecule has 3 nitrogen and oxygen atoms in total. The van der Waals surface area contributed by atoms with Crippen molar-refractivity contribution < 1.29 is 5.11 Å². The molecule has 0 bridgehead atoms. The Hall–Kier alpha value is -0.120. The van der Waals surface area contributed by atoms with Gasteiger partial charge >= 0.3 is 0 Å². The highest BCUT2D eigenvalue weighted by Gasteiger charge is 2.60. The monoisotopic (exact) mass is 362 g/mol. The number of nitrogens with one attached hydrogen (secondary N) is 1. The molecule has 0 amide bonds. The molecular formula is C23H42N2O.